The van der Waals surface area contributed by atoms with Crippen molar-refractivity contribution in [3.63, 3.8) is 0 Å². The van der Waals surface area contributed by atoms with E-state index in [1.807, 2.05) is 21.6 Å². The molecule has 1 aliphatic heterocycles. The Morgan fingerprint density at radius 3 is 2.64 bits per heavy atom. The molecule has 0 aliphatic carbocycles. The summed E-state index contributed by atoms with van der Waals surface area (Å²) in [5.41, 5.74) is 5.62. The third-order valence-electron chi connectivity index (χ3n) is 1.92. The maximum absolute atomic E-state index is 5.62. The Hall–Kier alpha value is -0.620. The molecule has 0 radical (unpaired) electrons. The van der Waals surface area contributed by atoms with Crippen LogP contribution in [0.5, 0.6) is 0 Å². The van der Waals surface area contributed by atoms with Gasteiger partial charge in [-0.3, -0.25) is 0 Å². The van der Waals surface area contributed by atoms with Crippen LogP contribution in [0.4, 0.5) is 11.8 Å². The first-order valence-corrected chi connectivity index (χ1v) is 6.93. The van der Waals surface area contributed by atoms with E-state index < -0.39 is 0 Å². The highest BCUT2D eigenvalue weighted by Gasteiger charge is 2.12. The average Bonchev–Trinajstić information content (AvgIpc) is 2.45. The minimum Gasteiger partial charge on any atom is -0.384 e. The molecule has 0 bridgehead atoms. The molecule has 2 rings (SSSR count). The maximum atomic E-state index is 5.62. The Kier molecular flexibility index (Phi) is 3.36. The van der Waals surface area contributed by atoms with Crippen LogP contribution < -0.4 is 10.6 Å². The molecular weight excluding hydrogens is 216 g/mol. The normalized spacial score (nSPS) is 17.9. The van der Waals surface area contributed by atoms with Crippen LogP contribution in [0.15, 0.2) is 12.3 Å². The van der Waals surface area contributed by atoms with Crippen molar-refractivity contribution in [1.29, 1.82) is 0 Å². The fraction of sp³-hybridized carbons (Fsp3) is 0.500. The van der Waals surface area contributed by atoms with E-state index in [1.165, 1.54) is 0 Å². The first-order valence-electron chi connectivity index (χ1n) is 4.44. The number of rotatable bonds is 1. The van der Waals surface area contributed by atoms with E-state index in [0.717, 1.165) is 30.5 Å². The van der Waals surface area contributed by atoms with Gasteiger partial charge in [-0.05, 0) is 6.07 Å². The van der Waals surface area contributed by atoms with Crippen molar-refractivity contribution < 1.29 is 0 Å². The number of nitrogen functional groups attached to an aromatic ring is 1. The van der Waals surface area contributed by atoms with Gasteiger partial charge in [0.05, 0.1) is 0 Å². The first kappa shape index (κ1) is 9.92. The summed E-state index contributed by atoms with van der Waals surface area (Å²) in [5, 5.41) is 0. The smallest absolute Gasteiger partial charge is 0.227 e. The topological polar surface area (TPSA) is 55.0 Å². The number of hydrogen-bond donors (Lipinski definition) is 1. The van der Waals surface area contributed by atoms with Crippen molar-refractivity contribution in [1.82, 2.24) is 9.97 Å². The van der Waals surface area contributed by atoms with Gasteiger partial charge in [-0.2, -0.15) is 4.98 Å². The molecule has 2 heterocycles. The van der Waals surface area contributed by atoms with Gasteiger partial charge in [-0.1, -0.05) is 21.6 Å². The predicted molar refractivity (Wildman–Crippen MR) is 63.6 cm³/mol. The molecule has 0 aromatic carbocycles. The molecule has 1 saturated heterocycles. The standard InChI is InChI=1S/C8H12N4S2/c9-7-1-2-10-8(11-7)12-3-5-13-14-6-4-12/h1-2H,3-6H2,(H2,9,10,11). The van der Waals surface area contributed by atoms with Crippen molar-refractivity contribution in [2.75, 3.05) is 35.2 Å². The number of nitrogens with two attached hydrogens (primary N) is 1. The lowest BCUT2D eigenvalue weighted by molar-refractivity contribution is 0.837. The summed E-state index contributed by atoms with van der Waals surface area (Å²) in [6, 6.07) is 1.71. The summed E-state index contributed by atoms with van der Waals surface area (Å²) >= 11 is 0. The predicted octanol–water partition coefficient (Wildman–Crippen LogP) is 1.26. The number of nitrogens with zero attached hydrogens (tertiary/aromatic N) is 3. The van der Waals surface area contributed by atoms with E-state index in [2.05, 4.69) is 14.9 Å². The largest absolute Gasteiger partial charge is 0.384 e. The third kappa shape index (κ3) is 2.45. The van der Waals surface area contributed by atoms with Crippen LogP contribution in [-0.2, 0) is 0 Å². The lowest BCUT2D eigenvalue weighted by Crippen LogP contribution is -2.28. The van der Waals surface area contributed by atoms with E-state index in [9.17, 15) is 0 Å². The Morgan fingerprint density at radius 1 is 1.29 bits per heavy atom. The van der Waals surface area contributed by atoms with Crippen LogP contribution in [0, 0.1) is 0 Å². The highest BCUT2D eigenvalue weighted by molar-refractivity contribution is 8.76. The monoisotopic (exact) mass is 228 g/mol. The molecular formula is C8H12N4S2. The van der Waals surface area contributed by atoms with Gasteiger partial charge < -0.3 is 10.6 Å². The zero-order chi connectivity index (χ0) is 9.80. The van der Waals surface area contributed by atoms with Crippen LogP contribution in [0.25, 0.3) is 0 Å². The zero-order valence-corrected chi connectivity index (χ0v) is 9.35. The van der Waals surface area contributed by atoms with E-state index >= 15 is 0 Å². The fourth-order valence-corrected chi connectivity index (χ4v) is 3.22. The van der Waals surface area contributed by atoms with Crippen molar-refractivity contribution in [2.24, 2.45) is 0 Å². The van der Waals surface area contributed by atoms with E-state index in [-0.39, 0.29) is 0 Å². The van der Waals surface area contributed by atoms with E-state index in [4.69, 9.17) is 5.73 Å². The first-order chi connectivity index (χ1) is 6.86. The molecule has 1 aliphatic rings. The number of anilines is 2. The SMILES string of the molecule is Nc1ccnc(N2CCSSCC2)n1. The second kappa shape index (κ2) is 4.75. The number of hydrogen-bond acceptors (Lipinski definition) is 6. The van der Waals surface area contributed by atoms with Crippen LogP contribution in [-0.4, -0.2) is 34.6 Å². The van der Waals surface area contributed by atoms with Crippen molar-refractivity contribution in [2.45, 2.75) is 0 Å². The molecule has 6 heteroatoms. The second-order valence-corrected chi connectivity index (χ2v) is 5.61. The van der Waals surface area contributed by atoms with Crippen molar-refractivity contribution in [3.05, 3.63) is 12.3 Å². The Morgan fingerprint density at radius 2 is 2.00 bits per heavy atom. The van der Waals surface area contributed by atoms with Gasteiger partial charge in [-0.15, -0.1) is 0 Å². The van der Waals surface area contributed by atoms with Gasteiger partial charge in [0.2, 0.25) is 5.95 Å². The minimum atomic E-state index is 0.541. The summed E-state index contributed by atoms with van der Waals surface area (Å²) in [7, 11) is 3.81. The van der Waals surface area contributed by atoms with Crippen molar-refractivity contribution >= 4 is 33.4 Å². The third-order valence-corrected chi connectivity index (χ3v) is 4.28. The molecule has 76 valence electrons. The average molecular weight is 228 g/mol. The minimum absolute atomic E-state index is 0.541. The quantitative estimate of drug-likeness (QED) is 0.730. The van der Waals surface area contributed by atoms with E-state index in [0.29, 0.717) is 5.82 Å². The summed E-state index contributed by atoms with van der Waals surface area (Å²) in [6.45, 7) is 2.00. The van der Waals surface area contributed by atoms with Crippen LogP contribution in [0.3, 0.4) is 0 Å². The highest BCUT2D eigenvalue weighted by Crippen LogP contribution is 2.25. The summed E-state index contributed by atoms with van der Waals surface area (Å²) < 4.78 is 0. The summed E-state index contributed by atoms with van der Waals surface area (Å²) in [5.74, 6) is 3.53. The van der Waals surface area contributed by atoms with Crippen LogP contribution in [0.1, 0.15) is 0 Å². The van der Waals surface area contributed by atoms with Crippen LogP contribution >= 0.6 is 21.6 Å². The molecule has 0 amide bonds. The molecule has 1 fully saturated rings. The molecule has 14 heavy (non-hydrogen) atoms. The van der Waals surface area contributed by atoms with E-state index in [1.54, 1.807) is 12.3 Å². The van der Waals surface area contributed by atoms with Gasteiger partial charge in [0.1, 0.15) is 5.82 Å². The number of aromatic nitrogens is 2. The fourth-order valence-electron chi connectivity index (χ4n) is 1.24. The van der Waals surface area contributed by atoms with Gasteiger partial charge in [0, 0.05) is 30.8 Å². The van der Waals surface area contributed by atoms with Gasteiger partial charge in [-0.25, -0.2) is 4.98 Å². The Balaban J connectivity index is 2.12. The molecule has 1 aromatic rings. The summed E-state index contributed by atoms with van der Waals surface area (Å²) in [4.78, 5) is 10.6. The van der Waals surface area contributed by atoms with Crippen LogP contribution in [0.2, 0.25) is 0 Å². The Labute approximate surface area is 91.1 Å². The molecule has 4 nitrogen and oxygen atoms in total. The van der Waals surface area contributed by atoms with Gasteiger partial charge >= 0.3 is 0 Å². The zero-order valence-electron chi connectivity index (χ0n) is 7.72. The molecule has 0 saturated carbocycles. The van der Waals surface area contributed by atoms with Gasteiger partial charge in [0.25, 0.3) is 0 Å². The lowest BCUT2D eigenvalue weighted by atomic mass is 10.5. The summed E-state index contributed by atoms with van der Waals surface area (Å²) in [6.07, 6.45) is 1.71. The molecule has 0 spiro atoms. The molecule has 2 N–H and O–H groups in total. The highest BCUT2D eigenvalue weighted by atomic mass is 33.1. The van der Waals surface area contributed by atoms with Crippen molar-refractivity contribution in [3.8, 4) is 0 Å². The maximum Gasteiger partial charge on any atom is 0.227 e. The molecule has 1 aromatic heterocycles. The molecule has 0 unspecified atom stereocenters. The lowest BCUT2D eigenvalue weighted by Gasteiger charge is -2.18. The second-order valence-electron chi connectivity index (χ2n) is 2.91. The molecule has 0 atom stereocenters. The van der Waals surface area contributed by atoms with Gasteiger partial charge in [0.15, 0.2) is 0 Å². The Bertz CT molecular complexity index is 299.